The maximum Gasteiger partial charge on any atom is 0.226 e. The molecule has 0 unspecified atom stereocenters. The first-order chi connectivity index (χ1) is 8.54. The Morgan fingerprint density at radius 2 is 2.22 bits per heavy atom. The number of rotatable bonds is 4. The van der Waals surface area contributed by atoms with Crippen LogP contribution in [0.25, 0.3) is 0 Å². The maximum atomic E-state index is 12.0. The van der Waals surface area contributed by atoms with Gasteiger partial charge in [0.15, 0.2) is 0 Å². The Morgan fingerprint density at radius 3 is 2.83 bits per heavy atom. The van der Waals surface area contributed by atoms with Gasteiger partial charge < -0.3 is 10.0 Å². The minimum Gasteiger partial charge on any atom is -0.393 e. The van der Waals surface area contributed by atoms with Crippen LogP contribution in [0, 0.1) is 5.92 Å². The summed E-state index contributed by atoms with van der Waals surface area (Å²) in [5, 5.41) is 9.87. The summed E-state index contributed by atoms with van der Waals surface area (Å²) in [5.74, 6) is 0.548. The number of likely N-dealkylation sites (N-methyl/N-ethyl adjacent to an activating group) is 1. The second-order valence-corrected chi connectivity index (χ2v) is 5.51. The molecule has 1 N–H and O–H groups in total. The van der Waals surface area contributed by atoms with Crippen LogP contribution in [-0.2, 0) is 11.2 Å². The van der Waals surface area contributed by atoms with Crippen molar-refractivity contribution >= 4 is 17.5 Å². The molecule has 0 atom stereocenters. The van der Waals surface area contributed by atoms with Gasteiger partial charge in [0.2, 0.25) is 5.91 Å². The Bertz CT molecular complexity index is 430. The van der Waals surface area contributed by atoms with Crippen molar-refractivity contribution in [1.82, 2.24) is 4.90 Å². The molecule has 0 spiro atoms. The number of benzene rings is 1. The van der Waals surface area contributed by atoms with E-state index in [1.807, 2.05) is 25.2 Å². The van der Waals surface area contributed by atoms with Crippen LogP contribution in [0.4, 0.5) is 0 Å². The lowest BCUT2D eigenvalue weighted by molar-refractivity contribution is -0.130. The molecule has 18 heavy (non-hydrogen) atoms. The summed E-state index contributed by atoms with van der Waals surface area (Å²) in [6, 6.07) is 7.38. The highest BCUT2D eigenvalue weighted by atomic mass is 35.5. The van der Waals surface area contributed by atoms with Crippen molar-refractivity contribution < 1.29 is 9.90 Å². The van der Waals surface area contributed by atoms with Gasteiger partial charge >= 0.3 is 0 Å². The van der Waals surface area contributed by atoms with Crippen LogP contribution in [0.15, 0.2) is 24.3 Å². The van der Waals surface area contributed by atoms with Crippen LogP contribution in [0.1, 0.15) is 18.4 Å². The van der Waals surface area contributed by atoms with Gasteiger partial charge in [0.1, 0.15) is 0 Å². The fraction of sp³-hybridized carbons (Fsp3) is 0.500. The second-order valence-electron chi connectivity index (χ2n) is 5.07. The molecule has 4 heteroatoms. The lowest BCUT2D eigenvalue weighted by Crippen LogP contribution is -2.40. The zero-order valence-electron chi connectivity index (χ0n) is 10.5. The van der Waals surface area contributed by atoms with E-state index in [1.165, 1.54) is 0 Å². The lowest BCUT2D eigenvalue weighted by Gasteiger charge is -2.34. The topological polar surface area (TPSA) is 40.5 Å². The van der Waals surface area contributed by atoms with Crippen LogP contribution < -0.4 is 0 Å². The lowest BCUT2D eigenvalue weighted by atomic mass is 9.82. The smallest absolute Gasteiger partial charge is 0.226 e. The molecule has 3 nitrogen and oxygen atoms in total. The summed E-state index contributed by atoms with van der Waals surface area (Å²) in [6.07, 6.45) is 1.85. The standard InChI is InChI=1S/C14H18ClNO2/c1-16(9-11-6-13(17)7-11)14(18)8-10-3-2-4-12(15)5-10/h2-5,11,13,17H,6-9H2,1H3. The minimum absolute atomic E-state index is 0.0960. The molecule has 1 aromatic carbocycles. The van der Waals surface area contributed by atoms with E-state index in [9.17, 15) is 9.90 Å². The third kappa shape index (κ3) is 3.47. The van der Waals surface area contributed by atoms with Crippen molar-refractivity contribution in [3.63, 3.8) is 0 Å². The molecule has 0 heterocycles. The van der Waals surface area contributed by atoms with E-state index in [4.69, 9.17) is 11.6 Å². The van der Waals surface area contributed by atoms with Crippen molar-refractivity contribution in [2.75, 3.05) is 13.6 Å². The van der Waals surface area contributed by atoms with Gasteiger partial charge in [-0.25, -0.2) is 0 Å². The quantitative estimate of drug-likeness (QED) is 0.908. The molecule has 0 saturated heterocycles. The van der Waals surface area contributed by atoms with Gasteiger partial charge in [0.05, 0.1) is 12.5 Å². The van der Waals surface area contributed by atoms with E-state index in [2.05, 4.69) is 0 Å². The average molecular weight is 268 g/mol. The largest absolute Gasteiger partial charge is 0.393 e. The van der Waals surface area contributed by atoms with Crippen LogP contribution in [0.2, 0.25) is 5.02 Å². The van der Waals surface area contributed by atoms with Crippen LogP contribution in [0.3, 0.4) is 0 Å². The number of hydrogen-bond acceptors (Lipinski definition) is 2. The summed E-state index contributed by atoms with van der Waals surface area (Å²) in [7, 11) is 1.82. The molecule has 1 amide bonds. The Morgan fingerprint density at radius 1 is 1.50 bits per heavy atom. The van der Waals surface area contributed by atoms with Crippen molar-refractivity contribution in [1.29, 1.82) is 0 Å². The molecule has 1 aliphatic rings. The number of nitrogens with zero attached hydrogens (tertiary/aromatic N) is 1. The van der Waals surface area contributed by atoms with E-state index >= 15 is 0 Å². The highest BCUT2D eigenvalue weighted by Gasteiger charge is 2.28. The summed E-state index contributed by atoms with van der Waals surface area (Å²) in [4.78, 5) is 13.7. The molecular formula is C14H18ClNO2. The van der Waals surface area contributed by atoms with Crippen molar-refractivity contribution in [3.05, 3.63) is 34.9 Å². The number of amides is 1. The maximum absolute atomic E-state index is 12.0. The Hall–Kier alpha value is -1.06. The van der Waals surface area contributed by atoms with E-state index < -0.39 is 0 Å². The molecule has 0 radical (unpaired) electrons. The molecule has 0 aliphatic heterocycles. The second kappa shape index (κ2) is 5.72. The highest BCUT2D eigenvalue weighted by Crippen LogP contribution is 2.27. The molecule has 1 aliphatic carbocycles. The molecular weight excluding hydrogens is 250 g/mol. The minimum atomic E-state index is -0.161. The molecule has 1 saturated carbocycles. The summed E-state index contributed by atoms with van der Waals surface area (Å²) in [5.41, 5.74) is 0.938. The van der Waals surface area contributed by atoms with Crippen molar-refractivity contribution in [3.8, 4) is 0 Å². The third-order valence-electron chi connectivity index (χ3n) is 3.41. The fourth-order valence-corrected chi connectivity index (χ4v) is 2.51. The van der Waals surface area contributed by atoms with Gasteiger partial charge in [0.25, 0.3) is 0 Å². The molecule has 1 fully saturated rings. The van der Waals surface area contributed by atoms with Gasteiger partial charge in [0, 0.05) is 18.6 Å². The highest BCUT2D eigenvalue weighted by molar-refractivity contribution is 6.30. The van der Waals surface area contributed by atoms with E-state index in [0.717, 1.165) is 24.9 Å². The first-order valence-electron chi connectivity index (χ1n) is 6.21. The number of aliphatic hydroxyl groups excluding tert-OH is 1. The number of carbonyl (C=O) groups is 1. The Balaban J connectivity index is 1.83. The van der Waals surface area contributed by atoms with Gasteiger partial charge in [-0.05, 0) is 36.5 Å². The third-order valence-corrected chi connectivity index (χ3v) is 3.65. The molecule has 98 valence electrons. The monoisotopic (exact) mass is 267 g/mol. The Labute approximate surface area is 112 Å². The number of aliphatic hydroxyl groups is 1. The van der Waals surface area contributed by atoms with Gasteiger partial charge in [-0.3, -0.25) is 4.79 Å². The number of halogens is 1. The average Bonchev–Trinajstić information content (AvgIpc) is 2.26. The van der Waals surface area contributed by atoms with Gasteiger partial charge in [-0.2, -0.15) is 0 Å². The predicted octanol–water partition coefficient (Wildman–Crippen LogP) is 2.11. The van der Waals surface area contributed by atoms with E-state index in [-0.39, 0.29) is 12.0 Å². The zero-order chi connectivity index (χ0) is 13.1. The molecule has 2 rings (SSSR count). The summed E-state index contributed by atoms with van der Waals surface area (Å²) in [6.45, 7) is 0.733. The van der Waals surface area contributed by atoms with E-state index in [0.29, 0.717) is 17.4 Å². The summed E-state index contributed by atoms with van der Waals surface area (Å²) >= 11 is 5.89. The summed E-state index contributed by atoms with van der Waals surface area (Å²) < 4.78 is 0. The van der Waals surface area contributed by atoms with Crippen LogP contribution in [-0.4, -0.2) is 35.6 Å². The number of carbonyl (C=O) groups excluding carboxylic acids is 1. The normalized spacial score (nSPS) is 22.4. The van der Waals surface area contributed by atoms with E-state index in [1.54, 1.807) is 11.0 Å². The van der Waals surface area contributed by atoms with Gasteiger partial charge in [-0.1, -0.05) is 23.7 Å². The zero-order valence-corrected chi connectivity index (χ0v) is 11.2. The Kier molecular flexibility index (Phi) is 4.25. The first-order valence-corrected chi connectivity index (χ1v) is 6.59. The molecule has 0 bridgehead atoms. The van der Waals surface area contributed by atoms with Crippen LogP contribution in [0.5, 0.6) is 0 Å². The first kappa shape index (κ1) is 13.4. The van der Waals surface area contributed by atoms with Gasteiger partial charge in [-0.15, -0.1) is 0 Å². The predicted molar refractivity (Wildman–Crippen MR) is 71.5 cm³/mol. The number of hydrogen-bond donors (Lipinski definition) is 1. The fourth-order valence-electron chi connectivity index (χ4n) is 2.30. The SMILES string of the molecule is CN(CC1CC(O)C1)C(=O)Cc1cccc(Cl)c1. The van der Waals surface area contributed by atoms with Crippen molar-refractivity contribution in [2.45, 2.75) is 25.4 Å². The molecule has 1 aromatic rings. The van der Waals surface area contributed by atoms with Crippen molar-refractivity contribution in [2.24, 2.45) is 5.92 Å². The van der Waals surface area contributed by atoms with Crippen LogP contribution >= 0.6 is 11.6 Å². The molecule has 0 aromatic heterocycles.